The minimum absolute atomic E-state index is 0.304. The lowest BCUT2D eigenvalue weighted by Crippen LogP contribution is -2.35. The van der Waals surface area contributed by atoms with Gasteiger partial charge in [-0.3, -0.25) is 0 Å². The van der Waals surface area contributed by atoms with E-state index in [0.29, 0.717) is 17.7 Å². The largest absolute Gasteiger partial charge is 0.301 e. The SMILES string of the molecule is CC(=O)CCCN(CC(C)C)C(C)C. The van der Waals surface area contributed by atoms with Gasteiger partial charge in [0.1, 0.15) is 5.78 Å². The second-order valence-electron chi connectivity index (χ2n) is 4.79. The lowest BCUT2D eigenvalue weighted by molar-refractivity contribution is -0.117. The Morgan fingerprint density at radius 3 is 2.14 bits per heavy atom. The van der Waals surface area contributed by atoms with Crippen LogP contribution in [0.3, 0.4) is 0 Å². The van der Waals surface area contributed by atoms with E-state index in [0.717, 1.165) is 25.9 Å². The lowest BCUT2D eigenvalue weighted by Gasteiger charge is -2.28. The Balaban J connectivity index is 3.79. The van der Waals surface area contributed by atoms with Gasteiger partial charge in [0, 0.05) is 19.0 Å². The average molecular weight is 199 g/mol. The van der Waals surface area contributed by atoms with Crippen molar-refractivity contribution in [1.82, 2.24) is 4.90 Å². The van der Waals surface area contributed by atoms with Crippen molar-refractivity contribution in [3.63, 3.8) is 0 Å². The molecule has 0 aromatic rings. The molecule has 0 atom stereocenters. The molecule has 0 radical (unpaired) electrons. The van der Waals surface area contributed by atoms with Crippen LogP contribution in [-0.4, -0.2) is 29.8 Å². The molecule has 2 nitrogen and oxygen atoms in total. The van der Waals surface area contributed by atoms with Gasteiger partial charge in [-0.05, 0) is 39.7 Å². The summed E-state index contributed by atoms with van der Waals surface area (Å²) in [6, 6.07) is 0.587. The Morgan fingerprint density at radius 1 is 1.21 bits per heavy atom. The summed E-state index contributed by atoms with van der Waals surface area (Å²) in [6.07, 6.45) is 1.72. The van der Waals surface area contributed by atoms with Gasteiger partial charge in [0.25, 0.3) is 0 Å². The number of hydrogen-bond acceptors (Lipinski definition) is 2. The summed E-state index contributed by atoms with van der Waals surface area (Å²) in [6.45, 7) is 12.8. The van der Waals surface area contributed by atoms with Gasteiger partial charge in [0.2, 0.25) is 0 Å². The Bertz CT molecular complexity index is 164. The number of carbonyl (C=O) groups is 1. The van der Waals surface area contributed by atoms with Gasteiger partial charge < -0.3 is 9.69 Å². The highest BCUT2D eigenvalue weighted by Gasteiger charge is 2.10. The molecule has 0 spiro atoms. The maximum absolute atomic E-state index is 10.8. The van der Waals surface area contributed by atoms with Crippen LogP contribution in [0.1, 0.15) is 47.5 Å². The van der Waals surface area contributed by atoms with E-state index >= 15 is 0 Å². The number of Topliss-reactive ketones (excluding diaryl/α,β-unsaturated/α-hetero) is 1. The van der Waals surface area contributed by atoms with Gasteiger partial charge in [0.15, 0.2) is 0 Å². The summed E-state index contributed by atoms with van der Waals surface area (Å²) in [5.74, 6) is 1.01. The lowest BCUT2D eigenvalue weighted by atomic mass is 10.1. The molecule has 0 aromatic carbocycles. The van der Waals surface area contributed by atoms with E-state index in [1.54, 1.807) is 6.92 Å². The molecule has 0 saturated heterocycles. The number of nitrogens with zero attached hydrogens (tertiary/aromatic N) is 1. The van der Waals surface area contributed by atoms with Crippen molar-refractivity contribution in [3.8, 4) is 0 Å². The summed E-state index contributed by atoms with van der Waals surface area (Å²) in [4.78, 5) is 13.3. The van der Waals surface area contributed by atoms with Crippen molar-refractivity contribution >= 4 is 5.78 Å². The fourth-order valence-electron chi connectivity index (χ4n) is 1.56. The molecule has 14 heavy (non-hydrogen) atoms. The van der Waals surface area contributed by atoms with Crippen LogP contribution >= 0.6 is 0 Å². The number of ketones is 1. The molecule has 84 valence electrons. The van der Waals surface area contributed by atoms with Crippen molar-refractivity contribution in [2.75, 3.05) is 13.1 Å². The average Bonchev–Trinajstić information content (AvgIpc) is 2.00. The summed E-state index contributed by atoms with van der Waals surface area (Å²) < 4.78 is 0. The van der Waals surface area contributed by atoms with Crippen LogP contribution in [0, 0.1) is 5.92 Å². The van der Waals surface area contributed by atoms with Gasteiger partial charge in [-0.2, -0.15) is 0 Å². The van der Waals surface area contributed by atoms with Gasteiger partial charge in [-0.15, -0.1) is 0 Å². The van der Waals surface area contributed by atoms with Crippen molar-refractivity contribution < 1.29 is 4.79 Å². The fraction of sp³-hybridized carbons (Fsp3) is 0.917. The first-order valence-electron chi connectivity index (χ1n) is 5.67. The standard InChI is InChI=1S/C12H25NO/c1-10(2)9-13(11(3)4)8-6-7-12(5)14/h10-11H,6-9H2,1-5H3. The fourth-order valence-corrected chi connectivity index (χ4v) is 1.56. The quantitative estimate of drug-likeness (QED) is 0.628. The predicted octanol–water partition coefficient (Wildman–Crippen LogP) is 2.72. The zero-order valence-electron chi connectivity index (χ0n) is 10.3. The molecule has 0 amide bonds. The Morgan fingerprint density at radius 2 is 1.79 bits per heavy atom. The molecule has 0 aliphatic rings. The number of hydrogen-bond donors (Lipinski definition) is 0. The number of rotatable bonds is 7. The maximum Gasteiger partial charge on any atom is 0.129 e. The van der Waals surface area contributed by atoms with E-state index in [9.17, 15) is 4.79 Å². The molecule has 0 heterocycles. The molecular formula is C12H25NO. The van der Waals surface area contributed by atoms with Crippen molar-refractivity contribution in [2.24, 2.45) is 5.92 Å². The molecule has 2 heteroatoms. The van der Waals surface area contributed by atoms with Gasteiger partial charge >= 0.3 is 0 Å². The Labute approximate surface area is 88.7 Å². The van der Waals surface area contributed by atoms with E-state index in [4.69, 9.17) is 0 Å². The first-order valence-corrected chi connectivity index (χ1v) is 5.67. The zero-order chi connectivity index (χ0) is 11.1. The minimum atomic E-state index is 0.304. The first-order chi connectivity index (χ1) is 6.43. The normalized spacial score (nSPS) is 11.7. The van der Waals surface area contributed by atoms with Gasteiger partial charge in [0.05, 0.1) is 0 Å². The highest BCUT2D eigenvalue weighted by Crippen LogP contribution is 2.06. The smallest absolute Gasteiger partial charge is 0.129 e. The van der Waals surface area contributed by atoms with Gasteiger partial charge in [-0.1, -0.05) is 13.8 Å². The van der Waals surface area contributed by atoms with Crippen LogP contribution in [0.15, 0.2) is 0 Å². The summed E-state index contributed by atoms with van der Waals surface area (Å²) in [5.41, 5.74) is 0. The first kappa shape index (κ1) is 13.6. The molecule has 0 unspecified atom stereocenters. The van der Waals surface area contributed by atoms with Crippen LogP contribution < -0.4 is 0 Å². The molecule has 0 aromatic heterocycles. The Kier molecular flexibility index (Phi) is 6.81. The van der Waals surface area contributed by atoms with Crippen LogP contribution in [-0.2, 0) is 4.79 Å². The van der Waals surface area contributed by atoms with E-state index in [-0.39, 0.29) is 0 Å². The molecule has 0 N–H and O–H groups in total. The molecular weight excluding hydrogens is 174 g/mol. The maximum atomic E-state index is 10.8. The highest BCUT2D eigenvalue weighted by molar-refractivity contribution is 5.75. The van der Waals surface area contributed by atoms with Crippen molar-refractivity contribution in [2.45, 2.75) is 53.5 Å². The second-order valence-corrected chi connectivity index (χ2v) is 4.79. The van der Waals surface area contributed by atoms with Gasteiger partial charge in [-0.25, -0.2) is 0 Å². The molecule has 0 aliphatic heterocycles. The zero-order valence-corrected chi connectivity index (χ0v) is 10.3. The summed E-state index contributed by atoms with van der Waals surface area (Å²) in [7, 11) is 0. The minimum Gasteiger partial charge on any atom is -0.301 e. The van der Waals surface area contributed by atoms with Crippen molar-refractivity contribution in [3.05, 3.63) is 0 Å². The summed E-state index contributed by atoms with van der Waals surface area (Å²) in [5, 5.41) is 0. The third kappa shape index (κ3) is 7.07. The molecule has 0 bridgehead atoms. The second kappa shape index (κ2) is 6.99. The van der Waals surface area contributed by atoms with Crippen LogP contribution in [0.2, 0.25) is 0 Å². The van der Waals surface area contributed by atoms with Crippen LogP contribution in [0.5, 0.6) is 0 Å². The van der Waals surface area contributed by atoms with Crippen LogP contribution in [0.25, 0.3) is 0 Å². The molecule has 0 rings (SSSR count). The number of carbonyl (C=O) groups excluding carboxylic acids is 1. The van der Waals surface area contributed by atoms with E-state index in [1.165, 1.54) is 0 Å². The third-order valence-corrected chi connectivity index (χ3v) is 2.30. The summed E-state index contributed by atoms with van der Waals surface area (Å²) >= 11 is 0. The predicted molar refractivity (Wildman–Crippen MR) is 61.5 cm³/mol. The van der Waals surface area contributed by atoms with E-state index in [1.807, 2.05) is 0 Å². The highest BCUT2D eigenvalue weighted by atomic mass is 16.1. The van der Waals surface area contributed by atoms with Crippen LogP contribution in [0.4, 0.5) is 0 Å². The molecule has 0 aliphatic carbocycles. The monoisotopic (exact) mass is 199 g/mol. The molecule has 0 fully saturated rings. The third-order valence-electron chi connectivity index (χ3n) is 2.30. The van der Waals surface area contributed by atoms with E-state index < -0.39 is 0 Å². The van der Waals surface area contributed by atoms with Crippen molar-refractivity contribution in [1.29, 1.82) is 0 Å². The topological polar surface area (TPSA) is 20.3 Å². The Hall–Kier alpha value is -0.370. The van der Waals surface area contributed by atoms with E-state index in [2.05, 4.69) is 32.6 Å². The molecule has 0 saturated carbocycles.